The minimum Gasteiger partial charge on any atom is -0.394 e. The Morgan fingerprint density at radius 2 is 1.29 bits per heavy atom. The van der Waals surface area contributed by atoms with Gasteiger partial charge >= 0.3 is 17.1 Å². The molecule has 1 heterocycles. The molecule has 2 aromatic carbocycles. The van der Waals surface area contributed by atoms with Crippen molar-refractivity contribution >= 4 is 19.8 Å². The Labute approximate surface area is 145 Å². The molecule has 0 spiro atoms. The summed E-state index contributed by atoms with van der Waals surface area (Å²) >= 11 is 0. The van der Waals surface area contributed by atoms with Gasteiger partial charge in [-0.15, -0.1) is 0 Å². The maximum atomic E-state index is 6.21. The second kappa shape index (κ2) is 9.04. The standard InChI is InChI=1S/C17H17O.Cu.2H3P/c1-14-12-13-17(18-14,15-8-4-2-5-9-15)16-10-6-3-7-11-16;;;/h2-11,14H,1,12-13H2;;2*1H3/q-1;+1;;. The van der Waals surface area contributed by atoms with Crippen LogP contribution in [0.25, 0.3) is 0 Å². The third kappa shape index (κ3) is 4.16. The van der Waals surface area contributed by atoms with Crippen LogP contribution in [0.1, 0.15) is 24.0 Å². The molecule has 0 aromatic heterocycles. The van der Waals surface area contributed by atoms with Crippen molar-refractivity contribution in [2.75, 3.05) is 0 Å². The monoisotopic (exact) mass is 368 g/mol. The number of hydrogen-bond acceptors (Lipinski definition) is 1. The van der Waals surface area contributed by atoms with Gasteiger partial charge in [-0.1, -0.05) is 73.2 Å². The molecular formula is C17H23CuOP2. The largest absolute Gasteiger partial charge is 1.00 e. The second-order valence-corrected chi connectivity index (χ2v) is 4.84. The SMILES string of the molecule is P.P.[CH2-]C1CCC(c2ccccc2)(c2ccccc2)O1.[Cu+]. The van der Waals surface area contributed by atoms with Crippen LogP contribution < -0.4 is 0 Å². The summed E-state index contributed by atoms with van der Waals surface area (Å²) in [7, 11) is 0. The van der Waals surface area contributed by atoms with Crippen molar-refractivity contribution in [2.24, 2.45) is 0 Å². The van der Waals surface area contributed by atoms with Crippen molar-refractivity contribution in [3.63, 3.8) is 0 Å². The van der Waals surface area contributed by atoms with Gasteiger partial charge in [-0.2, -0.15) is 19.8 Å². The van der Waals surface area contributed by atoms with Gasteiger partial charge in [0.25, 0.3) is 0 Å². The van der Waals surface area contributed by atoms with E-state index in [4.69, 9.17) is 4.74 Å². The van der Waals surface area contributed by atoms with E-state index < -0.39 is 0 Å². The molecule has 1 saturated heterocycles. The van der Waals surface area contributed by atoms with Gasteiger partial charge in [0, 0.05) is 0 Å². The fourth-order valence-corrected chi connectivity index (χ4v) is 2.77. The Bertz CT molecular complexity index is 479. The van der Waals surface area contributed by atoms with Gasteiger partial charge in [0.05, 0.1) is 0 Å². The van der Waals surface area contributed by atoms with Crippen molar-refractivity contribution in [1.82, 2.24) is 0 Å². The maximum absolute atomic E-state index is 6.21. The van der Waals surface area contributed by atoms with Crippen LogP contribution in [0.3, 0.4) is 0 Å². The fraction of sp³-hybridized carbons (Fsp3) is 0.235. The first-order chi connectivity index (χ1) is 8.81. The van der Waals surface area contributed by atoms with E-state index in [1.807, 2.05) is 12.1 Å². The third-order valence-electron chi connectivity index (χ3n) is 3.67. The molecule has 0 N–H and O–H groups in total. The van der Waals surface area contributed by atoms with Crippen molar-refractivity contribution < 1.29 is 21.8 Å². The molecule has 3 unspecified atom stereocenters. The molecule has 1 aliphatic heterocycles. The van der Waals surface area contributed by atoms with E-state index in [0.717, 1.165) is 12.8 Å². The number of hydrogen-bond donors (Lipinski definition) is 0. The van der Waals surface area contributed by atoms with E-state index in [1.54, 1.807) is 0 Å². The molecule has 1 nitrogen and oxygen atoms in total. The fourth-order valence-electron chi connectivity index (χ4n) is 2.77. The summed E-state index contributed by atoms with van der Waals surface area (Å²) in [5.41, 5.74) is 2.14. The van der Waals surface area contributed by atoms with Gasteiger partial charge in [-0.25, -0.2) is 0 Å². The summed E-state index contributed by atoms with van der Waals surface area (Å²) in [6, 6.07) is 20.9. The van der Waals surface area contributed by atoms with Crippen LogP contribution in [0, 0.1) is 6.92 Å². The number of benzene rings is 2. The predicted molar refractivity (Wildman–Crippen MR) is 95.3 cm³/mol. The quantitative estimate of drug-likeness (QED) is 0.441. The maximum Gasteiger partial charge on any atom is 1.00 e. The molecular weight excluding hydrogens is 346 g/mol. The van der Waals surface area contributed by atoms with Crippen LogP contribution in [-0.2, 0) is 27.4 Å². The van der Waals surface area contributed by atoms with Gasteiger partial charge in [-0.3, -0.25) is 0 Å². The minimum atomic E-state index is -0.311. The first-order valence-corrected chi connectivity index (χ1v) is 6.43. The minimum absolute atomic E-state index is 0. The molecule has 0 aliphatic carbocycles. The van der Waals surface area contributed by atoms with E-state index in [9.17, 15) is 0 Å². The summed E-state index contributed by atoms with van der Waals surface area (Å²) in [6.45, 7) is 4.06. The molecule has 1 aliphatic rings. The van der Waals surface area contributed by atoms with Gasteiger partial charge in [0.1, 0.15) is 5.60 Å². The molecule has 0 amide bonds. The Kier molecular flexibility index (Phi) is 8.94. The Balaban J connectivity index is 0.00000133. The molecule has 3 atom stereocenters. The van der Waals surface area contributed by atoms with Crippen LogP contribution in [0.2, 0.25) is 0 Å². The van der Waals surface area contributed by atoms with Crippen molar-refractivity contribution in [1.29, 1.82) is 0 Å². The average molecular weight is 369 g/mol. The number of ether oxygens (including phenoxy) is 1. The molecule has 2 aromatic rings. The van der Waals surface area contributed by atoms with Crippen LogP contribution in [0.15, 0.2) is 60.7 Å². The summed E-state index contributed by atoms with van der Waals surface area (Å²) < 4.78 is 6.21. The normalized spacial score (nSPS) is 18.8. The first-order valence-electron chi connectivity index (χ1n) is 6.43. The smallest absolute Gasteiger partial charge is 0.394 e. The number of rotatable bonds is 2. The Morgan fingerprint density at radius 3 is 1.62 bits per heavy atom. The van der Waals surface area contributed by atoms with Crippen LogP contribution in [-0.4, -0.2) is 6.10 Å². The van der Waals surface area contributed by atoms with Crippen molar-refractivity contribution in [2.45, 2.75) is 24.5 Å². The van der Waals surface area contributed by atoms with E-state index >= 15 is 0 Å². The molecule has 0 saturated carbocycles. The summed E-state index contributed by atoms with van der Waals surface area (Å²) in [6.07, 6.45) is 2.07. The van der Waals surface area contributed by atoms with Crippen LogP contribution >= 0.6 is 19.8 Å². The van der Waals surface area contributed by atoms with Crippen molar-refractivity contribution in [3.05, 3.63) is 78.7 Å². The zero-order chi connectivity index (χ0) is 12.4. The van der Waals surface area contributed by atoms with E-state index in [1.165, 1.54) is 11.1 Å². The molecule has 1 fully saturated rings. The second-order valence-electron chi connectivity index (χ2n) is 4.84. The van der Waals surface area contributed by atoms with E-state index in [0.29, 0.717) is 0 Å². The summed E-state index contributed by atoms with van der Waals surface area (Å²) in [5, 5.41) is 0. The molecule has 0 bridgehead atoms. The zero-order valence-corrected chi connectivity index (χ0v) is 15.9. The molecule has 3 rings (SSSR count). The van der Waals surface area contributed by atoms with Gasteiger partial charge in [0.15, 0.2) is 0 Å². The Hall–Kier alpha value is -0.221. The van der Waals surface area contributed by atoms with Crippen LogP contribution in [0.4, 0.5) is 0 Å². The topological polar surface area (TPSA) is 9.23 Å². The molecule has 0 radical (unpaired) electrons. The molecule has 4 heteroatoms. The predicted octanol–water partition coefficient (Wildman–Crippen LogP) is 4.06. The first kappa shape index (κ1) is 20.8. The van der Waals surface area contributed by atoms with Crippen LogP contribution in [0.5, 0.6) is 0 Å². The Morgan fingerprint density at radius 1 is 0.857 bits per heavy atom. The average Bonchev–Trinajstić information content (AvgIpc) is 2.84. The van der Waals surface area contributed by atoms with Gasteiger partial charge in [-0.05, 0) is 17.5 Å². The summed E-state index contributed by atoms with van der Waals surface area (Å²) in [5.74, 6) is 0. The van der Waals surface area contributed by atoms with Gasteiger partial charge in [0.2, 0.25) is 0 Å². The van der Waals surface area contributed by atoms with E-state index in [-0.39, 0.29) is 48.6 Å². The summed E-state index contributed by atoms with van der Waals surface area (Å²) in [4.78, 5) is 0. The van der Waals surface area contributed by atoms with E-state index in [2.05, 4.69) is 55.5 Å². The molecule has 21 heavy (non-hydrogen) atoms. The third-order valence-corrected chi connectivity index (χ3v) is 3.67. The zero-order valence-electron chi connectivity index (χ0n) is 12.1. The van der Waals surface area contributed by atoms with Gasteiger partial charge < -0.3 is 11.7 Å². The molecule has 118 valence electrons. The van der Waals surface area contributed by atoms with Crippen molar-refractivity contribution in [3.8, 4) is 0 Å².